The first kappa shape index (κ1) is 16.2. The number of nitrogens with one attached hydrogen (secondary N) is 1. The molecule has 1 aliphatic heterocycles. The van der Waals surface area contributed by atoms with Gasteiger partial charge < -0.3 is 25.0 Å². The molecule has 2 rings (SSSR count). The van der Waals surface area contributed by atoms with Crippen LogP contribution < -0.4 is 5.32 Å². The van der Waals surface area contributed by atoms with E-state index in [4.69, 9.17) is 9.47 Å². The maximum Gasteiger partial charge on any atom is 0.102 e. The third-order valence-electron chi connectivity index (χ3n) is 4.33. The second-order valence-corrected chi connectivity index (χ2v) is 6.54. The van der Waals surface area contributed by atoms with E-state index in [1.54, 1.807) is 0 Å². The number of ether oxygens (including phenoxy) is 2. The molecule has 0 aromatic carbocycles. The quantitative estimate of drug-likeness (QED) is 0.642. The van der Waals surface area contributed by atoms with Crippen LogP contribution in [0.5, 0.6) is 0 Å². The van der Waals surface area contributed by atoms with Crippen molar-refractivity contribution in [3.05, 3.63) is 0 Å². The summed E-state index contributed by atoms with van der Waals surface area (Å²) >= 11 is 0. The van der Waals surface area contributed by atoms with Crippen molar-refractivity contribution in [2.45, 2.75) is 56.8 Å². The van der Waals surface area contributed by atoms with Crippen LogP contribution in [0.1, 0.15) is 39.0 Å². The molecular weight excluding hydrogens is 258 g/mol. The number of hydrogen-bond donors (Lipinski definition) is 3. The highest BCUT2D eigenvalue weighted by molar-refractivity contribution is 4.85. The number of hydrogen-bond acceptors (Lipinski definition) is 5. The highest BCUT2D eigenvalue weighted by Gasteiger charge is 2.31. The lowest BCUT2D eigenvalue weighted by Gasteiger charge is -2.28. The van der Waals surface area contributed by atoms with Crippen LogP contribution in [0, 0.1) is 5.92 Å². The number of aliphatic hydroxyl groups excluding tert-OH is 1. The molecule has 0 bridgehead atoms. The van der Waals surface area contributed by atoms with Crippen molar-refractivity contribution in [3.8, 4) is 0 Å². The van der Waals surface area contributed by atoms with Gasteiger partial charge in [-0.15, -0.1) is 0 Å². The summed E-state index contributed by atoms with van der Waals surface area (Å²) in [7, 11) is 0. The lowest BCUT2D eigenvalue weighted by atomic mass is 9.89. The average molecular weight is 287 g/mol. The van der Waals surface area contributed by atoms with E-state index in [-0.39, 0.29) is 0 Å². The van der Waals surface area contributed by atoms with Gasteiger partial charge in [0.15, 0.2) is 0 Å². The zero-order valence-electron chi connectivity index (χ0n) is 12.5. The molecule has 4 unspecified atom stereocenters. The van der Waals surface area contributed by atoms with E-state index in [1.165, 1.54) is 12.8 Å². The third-order valence-corrected chi connectivity index (χ3v) is 4.33. The molecule has 1 saturated heterocycles. The van der Waals surface area contributed by atoms with Gasteiger partial charge in [0.05, 0.1) is 25.4 Å². The van der Waals surface area contributed by atoms with Crippen LogP contribution in [0.25, 0.3) is 0 Å². The molecule has 5 heteroatoms. The maximum absolute atomic E-state index is 10.1. The molecule has 0 aromatic heterocycles. The minimum absolute atomic E-state index is 0.306. The van der Waals surface area contributed by atoms with Crippen molar-refractivity contribution >= 4 is 0 Å². The molecule has 0 aromatic rings. The van der Waals surface area contributed by atoms with Gasteiger partial charge in [-0.2, -0.15) is 0 Å². The summed E-state index contributed by atoms with van der Waals surface area (Å²) in [5.74, 6) is 0.737. The molecule has 118 valence electrons. The van der Waals surface area contributed by atoms with Crippen molar-refractivity contribution in [2.75, 3.05) is 32.9 Å². The fourth-order valence-corrected chi connectivity index (χ4v) is 3.04. The Kier molecular flexibility index (Phi) is 6.23. The molecule has 1 saturated carbocycles. The molecule has 0 radical (unpaired) electrons. The van der Waals surface area contributed by atoms with Gasteiger partial charge in [0.2, 0.25) is 0 Å². The Bertz CT molecular complexity index is 281. The van der Waals surface area contributed by atoms with Crippen LogP contribution >= 0.6 is 0 Å². The van der Waals surface area contributed by atoms with Crippen molar-refractivity contribution < 1.29 is 19.7 Å². The monoisotopic (exact) mass is 287 g/mol. The zero-order chi connectivity index (χ0) is 14.4. The fourth-order valence-electron chi connectivity index (χ4n) is 3.04. The van der Waals surface area contributed by atoms with Crippen molar-refractivity contribution in [1.29, 1.82) is 0 Å². The van der Waals surface area contributed by atoms with E-state index >= 15 is 0 Å². The van der Waals surface area contributed by atoms with Gasteiger partial charge in [0.1, 0.15) is 5.60 Å². The first-order valence-corrected chi connectivity index (χ1v) is 7.88. The number of rotatable bonds is 7. The summed E-state index contributed by atoms with van der Waals surface area (Å²) in [6.45, 7) is 4.54. The molecule has 3 N–H and O–H groups in total. The Morgan fingerprint density at radius 2 is 2.30 bits per heavy atom. The van der Waals surface area contributed by atoms with Crippen molar-refractivity contribution in [2.24, 2.45) is 5.92 Å². The third kappa shape index (κ3) is 5.30. The predicted molar refractivity (Wildman–Crippen MR) is 76.6 cm³/mol. The Hall–Kier alpha value is -0.200. The summed E-state index contributed by atoms with van der Waals surface area (Å²) in [4.78, 5) is 0. The summed E-state index contributed by atoms with van der Waals surface area (Å²) in [5, 5.41) is 23.1. The minimum Gasteiger partial charge on any atom is -0.389 e. The molecule has 4 atom stereocenters. The van der Waals surface area contributed by atoms with E-state index < -0.39 is 11.7 Å². The topological polar surface area (TPSA) is 71.0 Å². The standard InChI is InChI=1S/C15H29NO4/c1-12-3-2-4-14(7-12)20-9-13(17)8-16-10-15(18)5-6-19-11-15/h12-14,16-18H,2-11H2,1H3. The van der Waals surface area contributed by atoms with E-state index in [9.17, 15) is 10.2 Å². The molecular formula is C15H29NO4. The second-order valence-electron chi connectivity index (χ2n) is 6.54. The largest absolute Gasteiger partial charge is 0.389 e. The van der Waals surface area contributed by atoms with E-state index in [2.05, 4.69) is 12.2 Å². The summed E-state index contributed by atoms with van der Waals surface area (Å²) in [5.41, 5.74) is -0.765. The zero-order valence-corrected chi connectivity index (χ0v) is 12.5. The van der Waals surface area contributed by atoms with Gasteiger partial charge >= 0.3 is 0 Å². The molecule has 0 spiro atoms. The lowest BCUT2D eigenvalue weighted by molar-refractivity contribution is -0.0330. The Balaban J connectivity index is 1.54. The average Bonchev–Trinajstić information content (AvgIpc) is 2.83. The van der Waals surface area contributed by atoms with E-state index in [0.717, 1.165) is 18.8 Å². The first-order valence-electron chi connectivity index (χ1n) is 7.88. The van der Waals surface area contributed by atoms with Crippen molar-refractivity contribution in [1.82, 2.24) is 5.32 Å². The van der Waals surface area contributed by atoms with Crippen LogP contribution in [0.2, 0.25) is 0 Å². The van der Waals surface area contributed by atoms with Crippen LogP contribution in [-0.4, -0.2) is 60.9 Å². The Morgan fingerprint density at radius 3 is 3.00 bits per heavy atom. The van der Waals surface area contributed by atoms with E-state index in [1.807, 2.05) is 0 Å². The Labute approximate surface area is 121 Å². The van der Waals surface area contributed by atoms with Gasteiger partial charge in [0.25, 0.3) is 0 Å². The highest BCUT2D eigenvalue weighted by Crippen LogP contribution is 2.25. The summed E-state index contributed by atoms with van der Waals surface area (Å²) in [6, 6.07) is 0. The Morgan fingerprint density at radius 1 is 1.45 bits per heavy atom. The molecule has 2 fully saturated rings. The van der Waals surface area contributed by atoms with Crippen LogP contribution in [0.4, 0.5) is 0 Å². The van der Waals surface area contributed by atoms with Crippen LogP contribution in [0.3, 0.4) is 0 Å². The fraction of sp³-hybridized carbons (Fsp3) is 1.00. The summed E-state index contributed by atoms with van der Waals surface area (Å²) < 4.78 is 11.0. The minimum atomic E-state index is -0.765. The van der Waals surface area contributed by atoms with Gasteiger partial charge in [-0.05, 0) is 18.8 Å². The molecule has 0 amide bonds. The lowest BCUT2D eigenvalue weighted by Crippen LogP contribution is -2.44. The summed E-state index contributed by atoms with van der Waals surface area (Å²) in [6.07, 6.45) is 5.20. The van der Waals surface area contributed by atoms with Gasteiger partial charge in [-0.25, -0.2) is 0 Å². The second kappa shape index (κ2) is 7.71. The first-order chi connectivity index (χ1) is 9.57. The van der Waals surface area contributed by atoms with Gasteiger partial charge in [-0.1, -0.05) is 19.8 Å². The number of aliphatic hydroxyl groups is 2. The molecule has 1 heterocycles. The molecule has 1 aliphatic carbocycles. The molecule has 5 nitrogen and oxygen atoms in total. The van der Waals surface area contributed by atoms with Gasteiger partial charge in [-0.3, -0.25) is 0 Å². The van der Waals surface area contributed by atoms with Gasteiger partial charge in [0, 0.05) is 26.1 Å². The van der Waals surface area contributed by atoms with Crippen LogP contribution in [-0.2, 0) is 9.47 Å². The van der Waals surface area contributed by atoms with E-state index in [0.29, 0.717) is 45.4 Å². The maximum atomic E-state index is 10.1. The van der Waals surface area contributed by atoms with Crippen LogP contribution in [0.15, 0.2) is 0 Å². The molecule has 20 heavy (non-hydrogen) atoms. The highest BCUT2D eigenvalue weighted by atomic mass is 16.5. The predicted octanol–water partition coefficient (Wildman–Crippen LogP) is 0.684. The van der Waals surface area contributed by atoms with Crippen molar-refractivity contribution in [3.63, 3.8) is 0 Å². The SMILES string of the molecule is CC1CCCC(OCC(O)CNCC2(O)CCOC2)C1. The smallest absolute Gasteiger partial charge is 0.102 e. The normalized spacial score (nSPS) is 36.1. The molecule has 2 aliphatic rings.